The highest BCUT2D eigenvalue weighted by Crippen LogP contribution is 2.34. The Bertz CT molecular complexity index is 462. The van der Waals surface area contributed by atoms with Gasteiger partial charge in [-0.2, -0.15) is 0 Å². The van der Waals surface area contributed by atoms with Crippen LogP contribution in [0.4, 0.5) is 0 Å². The Morgan fingerprint density at radius 1 is 1.05 bits per heavy atom. The fraction of sp³-hybridized carbons (Fsp3) is 0.533. The molecule has 0 aliphatic carbocycles. The summed E-state index contributed by atoms with van der Waals surface area (Å²) in [5.41, 5.74) is 0.409. The summed E-state index contributed by atoms with van der Waals surface area (Å²) in [4.78, 5) is 12.2. The molecule has 0 saturated carbocycles. The van der Waals surface area contributed by atoms with Crippen LogP contribution in [0.5, 0.6) is 17.2 Å². The van der Waals surface area contributed by atoms with Gasteiger partial charge in [0.05, 0.1) is 26.9 Å². The normalized spacial score (nSPS) is 10.1. The van der Waals surface area contributed by atoms with Crippen LogP contribution >= 0.6 is 0 Å². The van der Waals surface area contributed by atoms with Gasteiger partial charge in [0.15, 0.2) is 11.5 Å². The molecule has 0 unspecified atom stereocenters. The second kappa shape index (κ2) is 9.07. The number of carbonyl (C=O) groups is 1. The number of rotatable bonds is 9. The summed E-state index contributed by atoms with van der Waals surface area (Å²) < 4.78 is 20.8. The third-order valence-electron chi connectivity index (χ3n) is 2.91. The number of carbonyl (C=O) groups excluding carboxylic acids is 1. The van der Waals surface area contributed by atoms with Crippen molar-refractivity contribution in [3.05, 3.63) is 17.7 Å². The maximum atomic E-state index is 12.2. The average Bonchev–Trinajstić information content (AvgIpc) is 2.52. The molecule has 0 atom stereocenters. The molecule has 0 aromatic heterocycles. The van der Waals surface area contributed by atoms with E-state index in [4.69, 9.17) is 18.9 Å². The van der Waals surface area contributed by atoms with E-state index in [2.05, 4.69) is 5.32 Å². The van der Waals surface area contributed by atoms with E-state index in [0.29, 0.717) is 42.6 Å². The van der Waals surface area contributed by atoms with Crippen molar-refractivity contribution in [2.75, 3.05) is 41.1 Å². The molecule has 1 aromatic rings. The van der Waals surface area contributed by atoms with Crippen LogP contribution in [0.15, 0.2) is 12.1 Å². The maximum absolute atomic E-state index is 12.2. The molecule has 1 amide bonds. The lowest BCUT2D eigenvalue weighted by molar-refractivity contribution is 0.0941. The molecule has 0 saturated heterocycles. The smallest absolute Gasteiger partial charge is 0.255 e. The van der Waals surface area contributed by atoms with Gasteiger partial charge in [-0.05, 0) is 13.3 Å². The van der Waals surface area contributed by atoms with Crippen molar-refractivity contribution in [3.8, 4) is 17.2 Å². The summed E-state index contributed by atoms with van der Waals surface area (Å²) in [7, 11) is 4.56. The van der Waals surface area contributed by atoms with E-state index in [1.807, 2.05) is 6.92 Å². The monoisotopic (exact) mass is 297 g/mol. The maximum Gasteiger partial charge on any atom is 0.255 e. The van der Waals surface area contributed by atoms with Crippen LogP contribution in [0.25, 0.3) is 0 Å². The highest BCUT2D eigenvalue weighted by atomic mass is 16.5. The minimum absolute atomic E-state index is 0.218. The summed E-state index contributed by atoms with van der Waals surface area (Å²) in [6.07, 6.45) is 0.759. The minimum atomic E-state index is -0.218. The van der Waals surface area contributed by atoms with Gasteiger partial charge in [-0.25, -0.2) is 0 Å². The first kappa shape index (κ1) is 17.1. The quantitative estimate of drug-likeness (QED) is 0.705. The number of hydrogen-bond donors (Lipinski definition) is 1. The summed E-state index contributed by atoms with van der Waals surface area (Å²) >= 11 is 0. The van der Waals surface area contributed by atoms with Gasteiger partial charge in [-0.3, -0.25) is 4.79 Å². The third-order valence-corrected chi connectivity index (χ3v) is 2.91. The van der Waals surface area contributed by atoms with Gasteiger partial charge in [-0.1, -0.05) is 0 Å². The molecule has 0 aliphatic heterocycles. The minimum Gasteiger partial charge on any atom is -0.496 e. The number of nitrogens with one attached hydrogen (secondary N) is 1. The van der Waals surface area contributed by atoms with E-state index in [9.17, 15) is 4.79 Å². The first-order chi connectivity index (χ1) is 10.2. The lowest BCUT2D eigenvalue weighted by atomic mass is 10.1. The fourth-order valence-corrected chi connectivity index (χ4v) is 1.82. The van der Waals surface area contributed by atoms with E-state index in [1.165, 1.54) is 21.3 Å². The third kappa shape index (κ3) is 4.82. The highest BCUT2D eigenvalue weighted by molar-refractivity contribution is 5.97. The van der Waals surface area contributed by atoms with Crippen LogP contribution in [-0.4, -0.2) is 47.0 Å². The van der Waals surface area contributed by atoms with Crippen LogP contribution in [-0.2, 0) is 4.74 Å². The van der Waals surface area contributed by atoms with E-state index in [0.717, 1.165) is 6.42 Å². The van der Waals surface area contributed by atoms with E-state index < -0.39 is 0 Å². The Morgan fingerprint density at radius 2 is 1.67 bits per heavy atom. The number of ether oxygens (including phenoxy) is 4. The predicted octanol–water partition coefficient (Wildman–Crippen LogP) is 1.87. The average molecular weight is 297 g/mol. The molecule has 1 N–H and O–H groups in total. The van der Waals surface area contributed by atoms with Crippen molar-refractivity contribution in [3.63, 3.8) is 0 Å². The Labute approximate surface area is 125 Å². The van der Waals surface area contributed by atoms with Gasteiger partial charge in [0, 0.05) is 31.9 Å². The Hall–Kier alpha value is -1.95. The van der Waals surface area contributed by atoms with Gasteiger partial charge >= 0.3 is 0 Å². The molecule has 1 rings (SSSR count). The Balaban J connectivity index is 2.77. The second-order valence-corrected chi connectivity index (χ2v) is 4.21. The van der Waals surface area contributed by atoms with E-state index >= 15 is 0 Å². The molecule has 1 aromatic carbocycles. The van der Waals surface area contributed by atoms with Crippen LogP contribution in [0.3, 0.4) is 0 Å². The van der Waals surface area contributed by atoms with Crippen molar-refractivity contribution in [2.24, 2.45) is 0 Å². The molecule has 0 spiro atoms. The SMILES string of the molecule is CCOCCCNC(=O)c1cc(OC)c(OC)cc1OC. The van der Waals surface area contributed by atoms with Crippen LogP contribution in [0, 0.1) is 0 Å². The van der Waals surface area contributed by atoms with Gasteiger partial charge < -0.3 is 24.3 Å². The highest BCUT2D eigenvalue weighted by Gasteiger charge is 2.17. The molecule has 0 heterocycles. The predicted molar refractivity (Wildman–Crippen MR) is 79.5 cm³/mol. The summed E-state index contributed by atoms with van der Waals surface area (Å²) in [6, 6.07) is 3.24. The Morgan fingerprint density at radius 3 is 2.24 bits per heavy atom. The fourth-order valence-electron chi connectivity index (χ4n) is 1.82. The van der Waals surface area contributed by atoms with Crippen molar-refractivity contribution >= 4 is 5.91 Å². The molecule has 0 radical (unpaired) electrons. The lowest BCUT2D eigenvalue weighted by Gasteiger charge is -2.14. The van der Waals surface area contributed by atoms with E-state index in [-0.39, 0.29) is 5.91 Å². The van der Waals surface area contributed by atoms with Gasteiger partial charge in [0.1, 0.15) is 5.75 Å². The first-order valence-electron chi connectivity index (χ1n) is 6.83. The summed E-state index contributed by atoms with van der Waals surface area (Å²) in [5, 5.41) is 2.83. The molecular formula is C15H23NO5. The summed E-state index contributed by atoms with van der Waals surface area (Å²) in [6.45, 7) is 3.78. The van der Waals surface area contributed by atoms with Gasteiger partial charge in [0.2, 0.25) is 0 Å². The molecule has 0 fully saturated rings. The molecule has 6 nitrogen and oxygen atoms in total. The zero-order valence-electron chi connectivity index (χ0n) is 13.0. The van der Waals surface area contributed by atoms with Crippen LogP contribution in [0.1, 0.15) is 23.7 Å². The van der Waals surface area contributed by atoms with Gasteiger partial charge in [0.25, 0.3) is 5.91 Å². The molecule has 6 heteroatoms. The molecule has 21 heavy (non-hydrogen) atoms. The topological polar surface area (TPSA) is 66.0 Å². The first-order valence-corrected chi connectivity index (χ1v) is 6.83. The van der Waals surface area contributed by atoms with E-state index in [1.54, 1.807) is 12.1 Å². The van der Waals surface area contributed by atoms with Crippen molar-refractivity contribution in [2.45, 2.75) is 13.3 Å². The number of methoxy groups -OCH3 is 3. The van der Waals surface area contributed by atoms with Gasteiger partial charge in [-0.15, -0.1) is 0 Å². The van der Waals surface area contributed by atoms with Crippen molar-refractivity contribution < 1.29 is 23.7 Å². The van der Waals surface area contributed by atoms with Crippen molar-refractivity contribution in [1.82, 2.24) is 5.32 Å². The lowest BCUT2D eigenvalue weighted by Crippen LogP contribution is -2.25. The molecular weight excluding hydrogens is 274 g/mol. The zero-order chi connectivity index (χ0) is 15.7. The van der Waals surface area contributed by atoms with Crippen molar-refractivity contribution in [1.29, 1.82) is 0 Å². The number of amides is 1. The Kier molecular flexibility index (Phi) is 7.39. The molecule has 118 valence electrons. The largest absolute Gasteiger partial charge is 0.496 e. The number of hydrogen-bond acceptors (Lipinski definition) is 5. The molecule has 0 aliphatic rings. The van der Waals surface area contributed by atoms with Crippen LogP contribution < -0.4 is 19.5 Å². The molecule has 0 bridgehead atoms. The standard InChI is InChI=1S/C15H23NO5/c1-5-21-8-6-7-16-15(17)11-9-13(19-3)14(20-4)10-12(11)18-2/h9-10H,5-8H2,1-4H3,(H,16,17). The number of benzene rings is 1. The van der Waals surface area contributed by atoms with Crippen LogP contribution in [0.2, 0.25) is 0 Å². The second-order valence-electron chi connectivity index (χ2n) is 4.21. The summed E-state index contributed by atoms with van der Waals surface area (Å²) in [5.74, 6) is 1.22. The zero-order valence-corrected chi connectivity index (χ0v) is 13.0.